The van der Waals surface area contributed by atoms with Crippen molar-refractivity contribution in [2.45, 2.75) is 51.6 Å². The molecule has 4 nitrogen and oxygen atoms in total. The molecule has 0 fully saturated rings. The predicted octanol–water partition coefficient (Wildman–Crippen LogP) is 7.27. The number of nitrogens with one attached hydrogen (secondary N) is 1. The van der Waals surface area contributed by atoms with Crippen LogP contribution in [-0.2, 0) is 13.0 Å². The molecule has 2 aromatic carbocycles. The van der Waals surface area contributed by atoms with Crippen LogP contribution in [0.1, 0.15) is 49.3 Å². The van der Waals surface area contributed by atoms with Crippen LogP contribution in [0.5, 0.6) is 5.75 Å². The molecule has 0 aliphatic carbocycles. The quantitative estimate of drug-likeness (QED) is 0.253. The number of hydrogen-bond acceptors (Lipinski definition) is 3. The highest BCUT2D eigenvalue weighted by Gasteiger charge is 2.41. The Morgan fingerprint density at radius 2 is 1.83 bits per heavy atom. The van der Waals surface area contributed by atoms with Gasteiger partial charge in [-0.05, 0) is 66.9 Å². The smallest absolute Gasteiger partial charge is 0.135 e. The lowest BCUT2D eigenvalue weighted by Crippen LogP contribution is -2.48. The van der Waals surface area contributed by atoms with Crippen molar-refractivity contribution in [3.8, 4) is 5.75 Å². The van der Waals surface area contributed by atoms with Crippen molar-refractivity contribution in [3.63, 3.8) is 0 Å². The summed E-state index contributed by atoms with van der Waals surface area (Å²) in [6.07, 6.45) is 0.649. The average Bonchev–Trinajstić information content (AvgIpc) is 3.16. The molecule has 0 saturated carbocycles. The van der Waals surface area contributed by atoms with Crippen LogP contribution >= 0.6 is 15.9 Å². The SMILES string of the molecule is C[C@@H]1Cc2c([nH]c3ccccc23)C(c2c(F)cc(OCc3cccc(Br)n3)cc2F)N1CC(C)(C)F. The Kier molecular flexibility index (Phi) is 6.59. The van der Waals surface area contributed by atoms with Crippen molar-refractivity contribution >= 4 is 26.8 Å². The highest BCUT2D eigenvalue weighted by molar-refractivity contribution is 9.10. The van der Waals surface area contributed by atoms with E-state index in [1.54, 1.807) is 12.1 Å². The number of alkyl halides is 1. The molecule has 36 heavy (non-hydrogen) atoms. The number of pyridine rings is 1. The first-order chi connectivity index (χ1) is 17.1. The topological polar surface area (TPSA) is 41.1 Å². The summed E-state index contributed by atoms with van der Waals surface area (Å²) in [6.45, 7) is 5.03. The fraction of sp³-hybridized carbons (Fsp3) is 0.321. The Hall–Kier alpha value is -2.84. The molecule has 0 spiro atoms. The zero-order valence-corrected chi connectivity index (χ0v) is 21.9. The van der Waals surface area contributed by atoms with E-state index < -0.39 is 23.3 Å². The molecule has 0 radical (unpaired) electrons. The van der Waals surface area contributed by atoms with E-state index in [1.165, 1.54) is 26.0 Å². The van der Waals surface area contributed by atoms with Gasteiger partial charge in [0.15, 0.2) is 0 Å². The fourth-order valence-corrected chi connectivity index (χ4v) is 5.47. The molecule has 0 saturated heterocycles. The van der Waals surface area contributed by atoms with Gasteiger partial charge in [0.1, 0.15) is 34.3 Å². The average molecular weight is 558 g/mol. The molecule has 4 aromatic rings. The number of benzene rings is 2. The Bertz CT molecular complexity index is 1390. The number of halogens is 4. The summed E-state index contributed by atoms with van der Waals surface area (Å²) in [6, 6.07) is 14.6. The van der Waals surface area contributed by atoms with Crippen molar-refractivity contribution in [1.29, 1.82) is 0 Å². The summed E-state index contributed by atoms with van der Waals surface area (Å²) < 4.78 is 52.6. The van der Waals surface area contributed by atoms with E-state index in [1.807, 2.05) is 42.2 Å². The van der Waals surface area contributed by atoms with E-state index in [4.69, 9.17) is 4.74 Å². The lowest BCUT2D eigenvalue weighted by molar-refractivity contribution is 0.0642. The molecule has 1 aliphatic heterocycles. The van der Waals surface area contributed by atoms with Crippen LogP contribution in [0.4, 0.5) is 13.2 Å². The molecule has 2 aromatic heterocycles. The molecular weight excluding hydrogens is 531 g/mol. The number of rotatable bonds is 6. The van der Waals surface area contributed by atoms with Crippen molar-refractivity contribution in [2.24, 2.45) is 0 Å². The number of nitrogens with zero attached hydrogens (tertiary/aromatic N) is 2. The van der Waals surface area contributed by atoms with Crippen molar-refractivity contribution in [2.75, 3.05) is 6.54 Å². The van der Waals surface area contributed by atoms with Crippen LogP contribution < -0.4 is 4.74 Å². The number of aromatic nitrogens is 2. The first kappa shape index (κ1) is 24.8. The second-order valence-corrected chi connectivity index (χ2v) is 10.8. The summed E-state index contributed by atoms with van der Waals surface area (Å²) >= 11 is 3.30. The first-order valence-electron chi connectivity index (χ1n) is 11.9. The van der Waals surface area contributed by atoms with Gasteiger partial charge >= 0.3 is 0 Å². The largest absolute Gasteiger partial charge is 0.487 e. The number of ether oxygens (including phenoxy) is 1. The number of H-pyrrole nitrogens is 1. The van der Waals surface area contributed by atoms with Gasteiger partial charge in [0, 0.05) is 46.9 Å². The Balaban J connectivity index is 1.57. The van der Waals surface area contributed by atoms with Crippen molar-refractivity contribution < 1.29 is 17.9 Å². The van der Waals surface area contributed by atoms with E-state index in [2.05, 4.69) is 25.9 Å². The molecule has 2 atom stereocenters. The van der Waals surface area contributed by atoms with Gasteiger partial charge in [-0.1, -0.05) is 24.3 Å². The second-order valence-electron chi connectivity index (χ2n) is 9.95. The van der Waals surface area contributed by atoms with E-state index in [0.717, 1.165) is 16.5 Å². The summed E-state index contributed by atoms with van der Waals surface area (Å²) in [4.78, 5) is 9.51. The lowest BCUT2D eigenvalue weighted by Gasteiger charge is -2.43. The minimum Gasteiger partial charge on any atom is -0.487 e. The molecule has 1 aliphatic rings. The second kappa shape index (κ2) is 9.56. The maximum Gasteiger partial charge on any atom is 0.135 e. The minimum atomic E-state index is -1.55. The molecule has 1 unspecified atom stereocenters. The van der Waals surface area contributed by atoms with E-state index in [9.17, 15) is 4.39 Å². The van der Waals surface area contributed by atoms with E-state index >= 15 is 8.78 Å². The Labute approximate surface area is 216 Å². The summed E-state index contributed by atoms with van der Waals surface area (Å²) in [5, 5.41) is 1.02. The molecule has 8 heteroatoms. The summed E-state index contributed by atoms with van der Waals surface area (Å²) in [5.41, 5.74) is 1.55. The normalized spacial score (nSPS) is 18.4. The molecule has 188 valence electrons. The van der Waals surface area contributed by atoms with Gasteiger partial charge in [-0.2, -0.15) is 0 Å². The lowest BCUT2D eigenvalue weighted by atomic mass is 9.87. The predicted molar refractivity (Wildman–Crippen MR) is 138 cm³/mol. The standard InChI is InChI=1S/C28H27BrF3N3O/c1-16-11-20-19-8-4-5-9-23(19)34-26(20)27(35(16)15-28(2,3)32)25-21(30)12-18(13-22(25)31)36-14-17-7-6-10-24(29)33-17/h4-10,12-13,16,27,34H,11,14-15H2,1-3H3/t16-,27?/m1/s1. The molecule has 0 bridgehead atoms. The van der Waals surface area contributed by atoms with Crippen molar-refractivity contribution in [3.05, 3.63) is 93.3 Å². The van der Waals surface area contributed by atoms with Gasteiger partial charge in [-0.3, -0.25) is 4.90 Å². The number of para-hydroxylation sites is 1. The monoisotopic (exact) mass is 557 g/mol. The highest BCUT2D eigenvalue weighted by atomic mass is 79.9. The van der Waals surface area contributed by atoms with Crippen LogP contribution in [0, 0.1) is 11.6 Å². The molecule has 3 heterocycles. The van der Waals surface area contributed by atoms with Crippen LogP contribution in [-0.4, -0.2) is 33.1 Å². The Morgan fingerprint density at radius 1 is 1.11 bits per heavy atom. The van der Waals surface area contributed by atoms with Crippen LogP contribution in [0.3, 0.4) is 0 Å². The molecule has 5 rings (SSSR count). The van der Waals surface area contributed by atoms with E-state index in [-0.39, 0.29) is 30.5 Å². The van der Waals surface area contributed by atoms with Gasteiger partial charge in [-0.15, -0.1) is 0 Å². The number of hydrogen-bond donors (Lipinski definition) is 1. The summed E-state index contributed by atoms with van der Waals surface area (Å²) in [5.74, 6) is -1.41. The van der Waals surface area contributed by atoms with Gasteiger partial charge < -0.3 is 9.72 Å². The van der Waals surface area contributed by atoms with Crippen LogP contribution in [0.15, 0.2) is 59.2 Å². The minimum absolute atomic E-state index is 0.0271. The van der Waals surface area contributed by atoms with Crippen molar-refractivity contribution in [1.82, 2.24) is 14.9 Å². The zero-order chi connectivity index (χ0) is 25.6. The fourth-order valence-electron chi connectivity index (χ4n) is 5.09. The van der Waals surface area contributed by atoms with Crippen LogP contribution in [0.25, 0.3) is 10.9 Å². The molecule has 0 amide bonds. The number of aromatic amines is 1. The van der Waals surface area contributed by atoms with Gasteiger partial charge in [0.2, 0.25) is 0 Å². The molecular formula is C28H27BrF3N3O. The van der Waals surface area contributed by atoms with E-state index in [0.29, 0.717) is 22.4 Å². The Morgan fingerprint density at radius 3 is 2.53 bits per heavy atom. The van der Waals surface area contributed by atoms with Gasteiger partial charge in [0.25, 0.3) is 0 Å². The summed E-state index contributed by atoms with van der Waals surface area (Å²) in [7, 11) is 0. The highest BCUT2D eigenvalue weighted by Crippen LogP contribution is 2.43. The van der Waals surface area contributed by atoms with Gasteiger partial charge in [-0.25, -0.2) is 18.2 Å². The number of fused-ring (bicyclic) bond motifs is 3. The maximum absolute atomic E-state index is 15.7. The zero-order valence-electron chi connectivity index (χ0n) is 20.3. The third kappa shape index (κ3) is 4.89. The first-order valence-corrected chi connectivity index (χ1v) is 12.7. The third-order valence-electron chi connectivity index (χ3n) is 6.56. The van der Waals surface area contributed by atoms with Crippen LogP contribution in [0.2, 0.25) is 0 Å². The third-order valence-corrected chi connectivity index (χ3v) is 7.00. The maximum atomic E-state index is 15.7. The molecule has 1 N–H and O–H groups in total. The van der Waals surface area contributed by atoms with Gasteiger partial charge in [0.05, 0.1) is 11.7 Å².